The zero-order valence-corrected chi connectivity index (χ0v) is 8.89. The number of sulfone groups is 1. The standard InChI is InChI=1S/C8H19NO2S/c1-7(2)12(10,11)5-4-8(3)6-9/h7-8H,4-6,9H2,1-3H3. The number of rotatable bonds is 5. The van der Waals surface area contributed by atoms with Crippen LogP contribution >= 0.6 is 0 Å². The van der Waals surface area contributed by atoms with E-state index in [0.717, 1.165) is 0 Å². The molecule has 0 aliphatic carbocycles. The lowest BCUT2D eigenvalue weighted by molar-refractivity contribution is 0.549. The highest BCUT2D eigenvalue weighted by Crippen LogP contribution is 2.07. The van der Waals surface area contributed by atoms with Crippen LogP contribution in [0.25, 0.3) is 0 Å². The minimum Gasteiger partial charge on any atom is -0.330 e. The number of nitrogens with two attached hydrogens (primary N) is 1. The van der Waals surface area contributed by atoms with Gasteiger partial charge < -0.3 is 5.73 Å². The zero-order chi connectivity index (χ0) is 9.78. The van der Waals surface area contributed by atoms with Crippen LogP contribution < -0.4 is 5.73 Å². The minimum absolute atomic E-state index is 0.262. The average Bonchev–Trinajstić information content (AvgIpc) is 2.00. The molecule has 0 aliphatic rings. The van der Waals surface area contributed by atoms with Crippen LogP contribution in [0.15, 0.2) is 0 Å². The largest absolute Gasteiger partial charge is 0.330 e. The van der Waals surface area contributed by atoms with E-state index in [9.17, 15) is 8.42 Å². The summed E-state index contributed by atoms with van der Waals surface area (Å²) < 4.78 is 22.6. The maximum absolute atomic E-state index is 11.3. The van der Waals surface area contributed by atoms with Crippen molar-refractivity contribution in [3.05, 3.63) is 0 Å². The third-order valence-corrected chi connectivity index (χ3v) is 4.26. The summed E-state index contributed by atoms with van der Waals surface area (Å²) in [6.45, 7) is 5.95. The first-order valence-corrected chi connectivity index (χ1v) is 6.03. The predicted octanol–water partition coefficient (Wildman–Crippen LogP) is 0.795. The molecule has 0 heterocycles. The molecule has 2 N–H and O–H groups in total. The Morgan fingerprint density at radius 1 is 1.25 bits per heavy atom. The second kappa shape index (κ2) is 4.82. The van der Waals surface area contributed by atoms with Gasteiger partial charge in [0.25, 0.3) is 0 Å². The molecule has 0 amide bonds. The molecule has 1 atom stereocenters. The Hall–Kier alpha value is -0.0900. The van der Waals surface area contributed by atoms with Crippen LogP contribution in [0.2, 0.25) is 0 Å². The van der Waals surface area contributed by atoms with Gasteiger partial charge in [0.2, 0.25) is 0 Å². The summed E-state index contributed by atoms with van der Waals surface area (Å²) >= 11 is 0. The van der Waals surface area contributed by atoms with Gasteiger partial charge in [-0.2, -0.15) is 0 Å². The Balaban J connectivity index is 3.94. The van der Waals surface area contributed by atoms with Gasteiger partial charge in [-0.3, -0.25) is 0 Å². The molecule has 0 bridgehead atoms. The molecule has 4 heteroatoms. The van der Waals surface area contributed by atoms with Gasteiger partial charge in [0.05, 0.1) is 11.0 Å². The molecule has 1 unspecified atom stereocenters. The van der Waals surface area contributed by atoms with Gasteiger partial charge in [0.15, 0.2) is 9.84 Å². The van der Waals surface area contributed by atoms with Crippen molar-refractivity contribution in [3.63, 3.8) is 0 Å². The van der Waals surface area contributed by atoms with E-state index in [0.29, 0.717) is 18.9 Å². The summed E-state index contributed by atoms with van der Waals surface area (Å²) in [5, 5.41) is -0.262. The summed E-state index contributed by atoms with van der Waals surface area (Å²) in [6.07, 6.45) is 0.678. The van der Waals surface area contributed by atoms with Crippen molar-refractivity contribution in [2.45, 2.75) is 32.4 Å². The Morgan fingerprint density at radius 2 is 1.75 bits per heavy atom. The number of hydrogen-bond donors (Lipinski definition) is 1. The van der Waals surface area contributed by atoms with Gasteiger partial charge in [-0.15, -0.1) is 0 Å². The molecule has 0 aromatic heterocycles. The van der Waals surface area contributed by atoms with Crippen LogP contribution in [0.5, 0.6) is 0 Å². The van der Waals surface area contributed by atoms with E-state index in [1.165, 1.54) is 0 Å². The van der Waals surface area contributed by atoms with Gasteiger partial charge >= 0.3 is 0 Å². The van der Waals surface area contributed by atoms with Gasteiger partial charge in [-0.05, 0) is 32.7 Å². The molecule has 0 fully saturated rings. The highest BCUT2D eigenvalue weighted by molar-refractivity contribution is 7.91. The highest BCUT2D eigenvalue weighted by atomic mass is 32.2. The summed E-state index contributed by atoms with van der Waals surface area (Å²) in [4.78, 5) is 0. The Morgan fingerprint density at radius 3 is 2.08 bits per heavy atom. The molecule has 74 valence electrons. The SMILES string of the molecule is CC(CN)CCS(=O)(=O)C(C)C. The monoisotopic (exact) mass is 193 g/mol. The van der Waals surface area contributed by atoms with Crippen molar-refractivity contribution < 1.29 is 8.42 Å². The van der Waals surface area contributed by atoms with E-state index in [-0.39, 0.29) is 11.0 Å². The minimum atomic E-state index is -2.86. The van der Waals surface area contributed by atoms with Crippen molar-refractivity contribution in [1.29, 1.82) is 0 Å². The van der Waals surface area contributed by atoms with E-state index < -0.39 is 9.84 Å². The van der Waals surface area contributed by atoms with Crippen molar-refractivity contribution in [2.24, 2.45) is 11.7 Å². The van der Waals surface area contributed by atoms with Crippen molar-refractivity contribution in [1.82, 2.24) is 0 Å². The van der Waals surface area contributed by atoms with Gasteiger partial charge in [0, 0.05) is 0 Å². The van der Waals surface area contributed by atoms with E-state index in [1.54, 1.807) is 13.8 Å². The fraction of sp³-hybridized carbons (Fsp3) is 1.00. The molecule has 12 heavy (non-hydrogen) atoms. The van der Waals surface area contributed by atoms with Gasteiger partial charge in [-0.25, -0.2) is 8.42 Å². The second-order valence-corrected chi connectivity index (χ2v) is 6.22. The van der Waals surface area contributed by atoms with E-state index in [1.807, 2.05) is 6.92 Å². The normalized spacial score (nSPS) is 15.1. The maximum Gasteiger partial charge on any atom is 0.152 e. The lowest BCUT2D eigenvalue weighted by atomic mass is 10.1. The predicted molar refractivity (Wildman–Crippen MR) is 51.8 cm³/mol. The molecule has 0 spiro atoms. The Labute approximate surface area is 75.3 Å². The second-order valence-electron chi connectivity index (χ2n) is 3.55. The lowest BCUT2D eigenvalue weighted by Gasteiger charge is -2.10. The fourth-order valence-electron chi connectivity index (χ4n) is 0.719. The Kier molecular flexibility index (Phi) is 4.78. The maximum atomic E-state index is 11.3. The molecule has 0 saturated heterocycles. The third kappa shape index (κ3) is 4.07. The molecule has 0 aliphatic heterocycles. The molecular weight excluding hydrogens is 174 g/mol. The first kappa shape index (κ1) is 11.9. The third-order valence-electron chi connectivity index (χ3n) is 2.02. The molecule has 3 nitrogen and oxygen atoms in total. The van der Waals surface area contributed by atoms with E-state index in [4.69, 9.17) is 5.73 Å². The van der Waals surface area contributed by atoms with E-state index >= 15 is 0 Å². The van der Waals surface area contributed by atoms with Crippen LogP contribution in [0, 0.1) is 5.92 Å². The summed E-state index contributed by atoms with van der Waals surface area (Å²) in [7, 11) is -2.86. The molecular formula is C8H19NO2S. The van der Waals surface area contributed by atoms with Crippen LogP contribution in [0.3, 0.4) is 0 Å². The first-order chi connectivity index (χ1) is 5.40. The van der Waals surface area contributed by atoms with Crippen molar-refractivity contribution in [3.8, 4) is 0 Å². The smallest absolute Gasteiger partial charge is 0.152 e. The fourth-order valence-corrected chi connectivity index (χ4v) is 1.92. The quantitative estimate of drug-likeness (QED) is 0.702. The van der Waals surface area contributed by atoms with E-state index in [2.05, 4.69) is 0 Å². The molecule has 0 radical (unpaired) electrons. The first-order valence-electron chi connectivity index (χ1n) is 4.31. The van der Waals surface area contributed by atoms with Crippen molar-refractivity contribution >= 4 is 9.84 Å². The number of hydrogen-bond acceptors (Lipinski definition) is 3. The summed E-state index contributed by atoms with van der Waals surface area (Å²) in [5.74, 6) is 0.571. The van der Waals surface area contributed by atoms with Crippen molar-refractivity contribution in [2.75, 3.05) is 12.3 Å². The molecule has 0 saturated carbocycles. The van der Waals surface area contributed by atoms with Gasteiger partial charge in [-0.1, -0.05) is 6.92 Å². The summed E-state index contributed by atoms with van der Waals surface area (Å²) in [6, 6.07) is 0. The highest BCUT2D eigenvalue weighted by Gasteiger charge is 2.16. The molecule has 0 aromatic carbocycles. The zero-order valence-electron chi connectivity index (χ0n) is 8.08. The lowest BCUT2D eigenvalue weighted by Crippen LogP contribution is -2.21. The topological polar surface area (TPSA) is 60.2 Å². The van der Waals surface area contributed by atoms with Crippen LogP contribution in [0.4, 0.5) is 0 Å². The summed E-state index contributed by atoms with van der Waals surface area (Å²) in [5.41, 5.74) is 5.38. The van der Waals surface area contributed by atoms with Crippen LogP contribution in [-0.4, -0.2) is 26.0 Å². The van der Waals surface area contributed by atoms with Crippen LogP contribution in [-0.2, 0) is 9.84 Å². The molecule has 0 aromatic rings. The van der Waals surface area contributed by atoms with Crippen LogP contribution in [0.1, 0.15) is 27.2 Å². The molecule has 0 rings (SSSR count). The average molecular weight is 193 g/mol. The van der Waals surface area contributed by atoms with Gasteiger partial charge in [0.1, 0.15) is 0 Å². The Bertz CT molecular complexity index is 209.